The summed E-state index contributed by atoms with van der Waals surface area (Å²) in [7, 11) is -3.95. The second-order valence-electron chi connectivity index (χ2n) is 4.38. The van der Waals surface area contributed by atoms with Crippen molar-refractivity contribution in [3.8, 4) is 0 Å². The summed E-state index contributed by atoms with van der Waals surface area (Å²) in [6, 6.07) is 0.658. The highest BCUT2D eigenvalue weighted by Crippen LogP contribution is 2.18. The van der Waals surface area contributed by atoms with Gasteiger partial charge in [-0.25, -0.2) is 13.6 Å². The Kier molecular flexibility index (Phi) is 4.90. The van der Waals surface area contributed by atoms with Gasteiger partial charge in [0.15, 0.2) is 5.76 Å². The summed E-state index contributed by atoms with van der Waals surface area (Å²) in [5.74, 6) is -1.75. The largest absolute Gasteiger partial charge is 0.481 e. The lowest BCUT2D eigenvalue weighted by atomic mass is 10.2. The molecule has 4 N–H and O–H groups in total. The van der Waals surface area contributed by atoms with Crippen LogP contribution in [0.15, 0.2) is 15.4 Å². The standard InChI is InChI=1S/C11H16N2O6S/c1-6(3-4-10(14)15)13-11(16)8-5-9(7(2)19-8)20(12,17)18/h5-6H,3-4H2,1-2H3,(H,13,16)(H,14,15)(H2,12,17,18). The smallest absolute Gasteiger partial charge is 0.303 e. The first-order valence-corrected chi connectivity index (χ1v) is 7.31. The minimum absolute atomic E-state index is 0.0239. The molecule has 0 bridgehead atoms. The fourth-order valence-electron chi connectivity index (χ4n) is 1.57. The van der Waals surface area contributed by atoms with Gasteiger partial charge < -0.3 is 14.8 Å². The minimum Gasteiger partial charge on any atom is -0.481 e. The Hall–Kier alpha value is -1.87. The maximum atomic E-state index is 11.8. The Morgan fingerprint density at radius 3 is 2.55 bits per heavy atom. The number of amides is 1. The van der Waals surface area contributed by atoms with Gasteiger partial charge in [-0.05, 0) is 20.3 Å². The fourth-order valence-corrected chi connectivity index (χ4v) is 2.28. The maximum Gasteiger partial charge on any atom is 0.303 e. The van der Waals surface area contributed by atoms with Gasteiger partial charge in [0.2, 0.25) is 10.0 Å². The Bertz CT molecular complexity index is 619. The minimum atomic E-state index is -3.95. The molecule has 8 nitrogen and oxygen atoms in total. The van der Waals surface area contributed by atoms with Crippen molar-refractivity contribution >= 4 is 21.9 Å². The third-order valence-electron chi connectivity index (χ3n) is 2.57. The zero-order chi connectivity index (χ0) is 15.5. The molecule has 0 aliphatic carbocycles. The van der Waals surface area contributed by atoms with Gasteiger partial charge >= 0.3 is 5.97 Å². The van der Waals surface area contributed by atoms with Crippen LogP contribution in [0.25, 0.3) is 0 Å². The number of nitrogens with one attached hydrogen (secondary N) is 1. The molecule has 0 radical (unpaired) electrons. The Balaban J connectivity index is 2.76. The number of carbonyl (C=O) groups excluding carboxylic acids is 1. The molecule has 0 aliphatic heterocycles. The van der Waals surface area contributed by atoms with E-state index in [-0.39, 0.29) is 35.3 Å². The van der Waals surface area contributed by atoms with Crippen molar-refractivity contribution in [2.45, 2.75) is 37.6 Å². The van der Waals surface area contributed by atoms with Crippen LogP contribution >= 0.6 is 0 Å². The van der Waals surface area contributed by atoms with Crippen LogP contribution in [-0.4, -0.2) is 31.4 Å². The number of furan rings is 1. The molecule has 1 aromatic heterocycles. The normalized spacial score (nSPS) is 12.9. The average molecular weight is 304 g/mol. The molecular weight excluding hydrogens is 288 g/mol. The van der Waals surface area contributed by atoms with Gasteiger partial charge in [-0.15, -0.1) is 0 Å². The highest BCUT2D eigenvalue weighted by atomic mass is 32.2. The van der Waals surface area contributed by atoms with Crippen LogP contribution in [0.4, 0.5) is 0 Å². The number of aryl methyl sites for hydroxylation is 1. The molecule has 20 heavy (non-hydrogen) atoms. The Morgan fingerprint density at radius 1 is 1.50 bits per heavy atom. The SMILES string of the molecule is Cc1oc(C(=O)NC(C)CCC(=O)O)cc1S(N)(=O)=O. The summed E-state index contributed by atoms with van der Waals surface area (Å²) >= 11 is 0. The van der Waals surface area contributed by atoms with E-state index in [2.05, 4.69) is 5.32 Å². The van der Waals surface area contributed by atoms with E-state index in [1.54, 1.807) is 6.92 Å². The molecule has 1 rings (SSSR count). The van der Waals surface area contributed by atoms with E-state index in [4.69, 9.17) is 14.7 Å². The van der Waals surface area contributed by atoms with E-state index in [9.17, 15) is 18.0 Å². The van der Waals surface area contributed by atoms with Crippen molar-refractivity contribution in [2.24, 2.45) is 5.14 Å². The van der Waals surface area contributed by atoms with E-state index in [1.165, 1.54) is 6.92 Å². The molecule has 1 amide bonds. The van der Waals surface area contributed by atoms with Crippen molar-refractivity contribution in [2.75, 3.05) is 0 Å². The first-order valence-electron chi connectivity index (χ1n) is 5.77. The van der Waals surface area contributed by atoms with Gasteiger partial charge in [-0.3, -0.25) is 9.59 Å². The number of sulfonamides is 1. The second-order valence-corrected chi connectivity index (χ2v) is 5.91. The number of primary sulfonamides is 1. The van der Waals surface area contributed by atoms with E-state index in [0.717, 1.165) is 6.07 Å². The van der Waals surface area contributed by atoms with Gasteiger partial charge in [0.05, 0.1) is 0 Å². The lowest BCUT2D eigenvalue weighted by molar-refractivity contribution is -0.137. The summed E-state index contributed by atoms with van der Waals surface area (Å²) in [5.41, 5.74) is 0. The maximum absolute atomic E-state index is 11.8. The summed E-state index contributed by atoms with van der Waals surface area (Å²) in [6.45, 7) is 3.02. The third-order valence-corrected chi connectivity index (χ3v) is 3.59. The summed E-state index contributed by atoms with van der Waals surface area (Å²) in [4.78, 5) is 22.0. The molecule has 0 aromatic carbocycles. The molecule has 0 saturated heterocycles. The van der Waals surface area contributed by atoms with Crippen LogP contribution < -0.4 is 10.5 Å². The predicted octanol–water partition coefficient (Wildman–Crippen LogP) is 0.219. The number of carbonyl (C=O) groups is 2. The summed E-state index contributed by atoms with van der Waals surface area (Å²) in [5, 5.41) is 16.0. The summed E-state index contributed by atoms with van der Waals surface area (Å²) < 4.78 is 27.5. The van der Waals surface area contributed by atoms with Crippen LogP contribution in [-0.2, 0) is 14.8 Å². The zero-order valence-corrected chi connectivity index (χ0v) is 11.9. The first-order chi connectivity index (χ1) is 9.11. The monoisotopic (exact) mass is 304 g/mol. The van der Waals surface area contributed by atoms with Crippen molar-refractivity contribution in [3.63, 3.8) is 0 Å². The van der Waals surface area contributed by atoms with Crippen LogP contribution in [0.5, 0.6) is 0 Å². The van der Waals surface area contributed by atoms with Gasteiger partial charge in [-0.2, -0.15) is 0 Å². The van der Waals surface area contributed by atoms with E-state index < -0.39 is 21.9 Å². The number of rotatable bonds is 6. The van der Waals surface area contributed by atoms with Crippen LogP contribution in [0.2, 0.25) is 0 Å². The van der Waals surface area contributed by atoms with E-state index in [0.29, 0.717) is 0 Å². The topological polar surface area (TPSA) is 140 Å². The Morgan fingerprint density at radius 2 is 2.10 bits per heavy atom. The number of hydrogen-bond acceptors (Lipinski definition) is 5. The number of aliphatic carboxylic acids is 1. The van der Waals surface area contributed by atoms with Crippen molar-refractivity contribution < 1.29 is 27.5 Å². The highest BCUT2D eigenvalue weighted by molar-refractivity contribution is 7.89. The van der Waals surface area contributed by atoms with E-state index in [1.807, 2.05) is 0 Å². The van der Waals surface area contributed by atoms with Gasteiger partial charge in [-0.1, -0.05) is 0 Å². The molecule has 112 valence electrons. The van der Waals surface area contributed by atoms with Gasteiger partial charge in [0.25, 0.3) is 5.91 Å². The van der Waals surface area contributed by atoms with E-state index >= 15 is 0 Å². The molecular formula is C11H16N2O6S. The third kappa shape index (κ3) is 4.35. The predicted molar refractivity (Wildman–Crippen MR) is 68.6 cm³/mol. The number of carboxylic acids is 1. The number of hydrogen-bond donors (Lipinski definition) is 3. The van der Waals surface area contributed by atoms with Crippen molar-refractivity contribution in [3.05, 3.63) is 17.6 Å². The number of carboxylic acid groups (broad SMARTS) is 1. The van der Waals surface area contributed by atoms with Gasteiger partial charge in [0, 0.05) is 18.5 Å². The first kappa shape index (κ1) is 16.2. The molecule has 9 heteroatoms. The molecule has 0 spiro atoms. The fraction of sp³-hybridized carbons (Fsp3) is 0.455. The number of nitrogens with two attached hydrogens (primary N) is 1. The van der Waals surface area contributed by atoms with Crippen molar-refractivity contribution in [1.29, 1.82) is 0 Å². The molecule has 1 aromatic rings. The lowest BCUT2D eigenvalue weighted by Crippen LogP contribution is -2.32. The van der Waals surface area contributed by atoms with Crippen LogP contribution in [0.3, 0.4) is 0 Å². The molecule has 1 heterocycles. The summed E-state index contributed by atoms with van der Waals surface area (Å²) in [6.07, 6.45) is 0.171. The quantitative estimate of drug-likeness (QED) is 0.686. The second kappa shape index (κ2) is 6.06. The molecule has 1 atom stereocenters. The molecule has 0 fully saturated rings. The zero-order valence-electron chi connectivity index (χ0n) is 11.0. The van der Waals surface area contributed by atoms with Crippen LogP contribution in [0, 0.1) is 6.92 Å². The highest BCUT2D eigenvalue weighted by Gasteiger charge is 2.21. The molecule has 0 aliphatic rings. The Labute approximate surface area is 116 Å². The molecule has 1 unspecified atom stereocenters. The lowest BCUT2D eigenvalue weighted by Gasteiger charge is -2.11. The average Bonchev–Trinajstić information content (AvgIpc) is 2.68. The van der Waals surface area contributed by atoms with Gasteiger partial charge in [0.1, 0.15) is 10.7 Å². The van der Waals surface area contributed by atoms with Crippen LogP contribution in [0.1, 0.15) is 36.1 Å². The van der Waals surface area contributed by atoms with Crippen molar-refractivity contribution in [1.82, 2.24) is 5.32 Å². The molecule has 0 saturated carbocycles.